The highest BCUT2D eigenvalue weighted by molar-refractivity contribution is 6.30. The topological polar surface area (TPSA) is 60.8 Å². The fourth-order valence-corrected chi connectivity index (χ4v) is 4.40. The first-order valence-electron chi connectivity index (χ1n) is 10.7. The summed E-state index contributed by atoms with van der Waals surface area (Å²) in [6.45, 7) is 3.21. The molecule has 2 heterocycles. The van der Waals surface area contributed by atoms with Crippen molar-refractivity contribution in [3.05, 3.63) is 64.3 Å². The van der Waals surface area contributed by atoms with E-state index in [2.05, 4.69) is 0 Å². The van der Waals surface area contributed by atoms with Crippen molar-refractivity contribution in [2.75, 3.05) is 27.3 Å². The number of hydrogen-bond donors (Lipinski definition) is 0. The molecule has 0 bridgehead atoms. The van der Waals surface area contributed by atoms with Crippen molar-refractivity contribution in [3.8, 4) is 5.75 Å². The van der Waals surface area contributed by atoms with E-state index in [0.717, 1.165) is 41.6 Å². The Labute approximate surface area is 192 Å². The maximum atomic E-state index is 13.4. The number of benzene rings is 2. The van der Waals surface area contributed by atoms with E-state index >= 15 is 0 Å². The highest BCUT2D eigenvalue weighted by Crippen LogP contribution is 2.31. The van der Waals surface area contributed by atoms with Gasteiger partial charge in [-0.3, -0.25) is 14.2 Å². The molecule has 1 fully saturated rings. The van der Waals surface area contributed by atoms with Gasteiger partial charge in [0, 0.05) is 41.9 Å². The molecular weight excluding hydrogens is 428 g/mol. The monoisotopic (exact) mass is 454 g/mol. The minimum Gasteiger partial charge on any atom is -0.497 e. The van der Waals surface area contributed by atoms with Crippen molar-refractivity contribution in [2.45, 2.75) is 32.3 Å². The summed E-state index contributed by atoms with van der Waals surface area (Å²) in [5, 5.41) is 1.41. The minimum absolute atomic E-state index is 0.00980. The van der Waals surface area contributed by atoms with Gasteiger partial charge in [0.2, 0.25) is 5.91 Å². The fourth-order valence-electron chi connectivity index (χ4n) is 4.28. The highest BCUT2D eigenvalue weighted by Gasteiger charge is 2.25. The van der Waals surface area contributed by atoms with Gasteiger partial charge < -0.3 is 14.4 Å². The Hall–Kier alpha value is -2.83. The van der Waals surface area contributed by atoms with Crippen LogP contribution in [-0.4, -0.2) is 54.7 Å². The number of likely N-dealkylation sites (N-methyl/N-ethyl adjacent to an activating group) is 1. The van der Waals surface area contributed by atoms with Gasteiger partial charge in [-0.05, 0) is 67.8 Å². The zero-order valence-electron chi connectivity index (χ0n) is 18.6. The van der Waals surface area contributed by atoms with Crippen molar-refractivity contribution < 1.29 is 19.1 Å². The second-order valence-corrected chi connectivity index (χ2v) is 8.62. The maximum Gasteiger partial charge on any atom is 0.262 e. The van der Waals surface area contributed by atoms with Gasteiger partial charge in [0.1, 0.15) is 5.75 Å². The quantitative estimate of drug-likeness (QED) is 0.551. The number of carbonyl (C=O) groups is 2. The summed E-state index contributed by atoms with van der Waals surface area (Å²) < 4.78 is 12.7. The van der Waals surface area contributed by atoms with E-state index in [1.807, 2.05) is 25.1 Å². The Kier molecular flexibility index (Phi) is 6.53. The van der Waals surface area contributed by atoms with Crippen LogP contribution < -0.4 is 4.74 Å². The van der Waals surface area contributed by atoms with Gasteiger partial charge in [-0.15, -0.1) is 0 Å². The minimum atomic E-state index is -0.166. The predicted molar refractivity (Wildman–Crippen MR) is 125 cm³/mol. The van der Waals surface area contributed by atoms with Crippen LogP contribution in [0.3, 0.4) is 0 Å². The SMILES string of the molecule is COc1ccc2c(c1)c(CC(=O)N(C)CC1CCCO1)c(C)n2C(=O)c1ccc(Cl)cc1. The summed E-state index contributed by atoms with van der Waals surface area (Å²) in [6, 6.07) is 12.4. The Balaban J connectivity index is 1.71. The number of amides is 1. The molecule has 1 saturated heterocycles. The van der Waals surface area contributed by atoms with Crippen molar-refractivity contribution in [1.82, 2.24) is 9.47 Å². The third kappa shape index (κ3) is 4.38. The zero-order chi connectivity index (χ0) is 22.8. The average Bonchev–Trinajstić information content (AvgIpc) is 3.39. The van der Waals surface area contributed by atoms with Crippen molar-refractivity contribution >= 4 is 34.3 Å². The summed E-state index contributed by atoms with van der Waals surface area (Å²) >= 11 is 5.99. The predicted octanol–water partition coefficient (Wildman–Crippen LogP) is 4.48. The Morgan fingerprint density at radius 3 is 2.62 bits per heavy atom. The van der Waals surface area contributed by atoms with E-state index in [1.54, 1.807) is 47.9 Å². The lowest BCUT2D eigenvalue weighted by Crippen LogP contribution is -2.35. The van der Waals surface area contributed by atoms with Crippen LogP contribution in [0.15, 0.2) is 42.5 Å². The second-order valence-electron chi connectivity index (χ2n) is 8.18. The number of halogens is 1. The van der Waals surface area contributed by atoms with Crippen LogP contribution in [0.2, 0.25) is 5.02 Å². The summed E-state index contributed by atoms with van der Waals surface area (Å²) in [5.74, 6) is 0.500. The third-order valence-electron chi connectivity index (χ3n) is 6.09. The molecule has 6 nitrogen and oxygen atoms in total. The molecule has 2 aromatic carbocycles. The molecule has 0 aliphatic carbocycles. The molecule has 168 valence electrons. The van der Waals surface area contributed by atoms with E-state index in [0.29, 0.717) is 22.9 Å². The number of nitrogens with zero attached hydrogens (tertiary/aromatic N) is 2. The molecule has 1 aromatic heterocycles. The summed E-state index contributed by atoms with van der Waals surface area (Å²) in [6.07, 6.45) is 2.30. The number of fused-ring (bicyclic) bond motifs is 1. The van der Waals surface area contributed by atoms with E-state index in [-0.39, 0.29) is 24.3 Å². The largest absolute Gasteiger partial charge is 0.497 e. The van der Waals surface area contributed by atoms with Gasteiger partial charge in [-0.2, -0.15) is 0 Å². The normalized spacial score (nSPS) is 15.8. The summed E-state index contributed by atoms with van der Waals surface area (Å²) in [5.41, 5.74) is 2.84. The number of carbonyl (C=O) groups excluding carboxylic acids is 2. The average molecular weight is 455 g/mol. The van der Waals surface area contributed by atoms with E-state index in [9.17, 15) is 9.59 Å². The first kappa shape index (κ1) is 22.4. The molecule has 1 unspecified atom stereocenters. The molecule has 0 N–H and O–H groups in total. The number of hydrogen-bond acceptors (Lipinski definition) is 4. The smallest absolute Gasteiger partial charge is 0.262 e. The Morgan fingerprint density at radius 2 is 1.97 bits per heavy atom. The number of rotatable bonds is 6. The summed E-state index contributed by atoms with van der Waals surface area (Å²) in [4.78, 5) is 28.2. The van der Waals surface area contributed by atoms with Crippen LogP contribution in [0.1, 0.15) is 34.5 Å². The molecular formula is C25H27ClN2O4. The van der Waals surface area contributed by atoms with Crippen LogP contribution in [0, 0.1) is 6.92 Å². The first-order chi connectivity index (χ1) is 15.4. The van der Waals surface area contributed by atoms with Crippen LogP contribution in [0.5, 0.6) is 5.75 Å². The standard InChI is InChI=1S/C25H27ClN2O4/c1-16-21(14-24(29)27(2)15-20-5-4-12-32-20)22-13-19(31-3)10-11-23(22)28(16)25(30)17-6-8-18(26)9-7-17/h6-11,13,20H,4-5,12,14-15H2,1-3H3. The van der Waals surface area contributed by atoms with Gasteiger partial charge in [0.05, 0.1) is 25.2 Å². The van der Waals surface area contributed by atoms with E-state index in [4.69, 9.17) is 21.1 Å². The molecule has 4 rings (SSSR count). The maximum absolute atomic E-state index is 13.4. The molecule has 32 heavy (non-hydrogen) atoms. The van der Waals surface area contributed by atoms with E-state index in [1.165, 1.54) is 0 Å². The molecule has 1 amide bonds. The molecule has 1 atom stereocenters. The van der Waals surface area contributed by atoms with Gasteiger partial charge in [-0.25, -0.2) is 0 Å². The molecule has 0 spiro atoms. The molecule has 3 aromatic rings. The number of ether oxygens (including phenoxy) is 2. The van der Waals surface area contributed by atoms with Gasteiger partial charge in [0.25, 0.3) is 5.91 Å². The lowest BCUT2D eigenvalue weighted by Gasteiger charge is -2.21. The summed E-state index contributed by atoms with van der Waals surface area (Å²) in [7, 11) is 3.40. The number of aromatic nitrogens is 1. The molecule has 0 radical (unpaired) electrons. The molecule has 0 saturated carbocycles. The van der Waals surface area contributed by atoms with Gasteiger partial charge in [-0.1, -0.05) is 11.6 Å². The van der Waals surface area contributed by atoms with E-state index < -0.39 is 0 Å². The van der Waals surface area contributed by atoms with Gasteiger partial charge in [0.15, 0.2) is 0 Å². The van der Waals surface area contributed by atoms with Crippen molar-refractivity contribution in [2.24, 2.45) is 0 Å². The van der Waals surface area contributed by atoms with Gasteiger partial charge >= 0.3 is 0 Å². The molecule has 1 aliphatic rings. The third-order valence-corrected chi connectivity index (χ3v) is 6.34. The highest BCUT2D eigenvalue weighted by atomic mass is 35.5. The second kappa shape index (κ2) is 9.35. The zero-order valence-corrected chi connectivity index (χ0v) is 19.3. The first-order valence-corrected chi connectivity index (χ1v) is 11.1. The molecule has 1 aliphatic heterocycles. The van der Waals surface area contributed by atoms with Crippen LogP contribution in [-0.2, 0) is 16.0 Å². The lowest BCUT2D eigenvalue weighted by molar-refractivity contribution is -0.130. The van der Waals surface area contributed by atoms with Crippen molar-refractivity contribution in [3.63, 3.8) is 0 Å². The lowest BCUT2D eigenvalue weighted by atomic mass is 10.1. The fraction of sp³-hybridized carbons (Fsp3) is 0.360. The van der Waals surface area contributed by atoms with Crippen LogP contribution in [0.4, 0.5) is 0 Å². The number of methoxy groups -OCH3 is 1. The Bertz CT molecular complexity index is 1150. The van der Waals surface area contributed by atoms with Crippen LogP contribution >= 0.6 is 11.6 Å². The molecule has 7 heteroatoms. The van der Waals surface area contributed by atoms with Crippen LogP contribution in [0.25, 0.3) is 10.9 Å². The van der Waals surface area contributed by atoms with Crippen molar-refractivity contribution in [1.29, 1.82) is 0 Å². The Morgan fingerprint density at radius 1 is 1.22 bits per heavy atom.